The first-order chi connectivity index (χ1) is 10.7. The van der Waals surface area contributed by atoms with Crippen molar-refractivity contribution in [3.8, 4) is 0 Å². The zero-order valence-corrected chi connectivity index (χ0v) is 12.1. The summed E-state index contributed by atoms with van der Waals surface area (Å²) in [5.74, 6) is 0. The third-order valence-corrected chi connectivity index (χ3v) is 3.37. The minimum absolute atomic E-state index is 0.729. The van der Waals surface area contributed by atoms with Gasteiger partial charge >= 0.3 is 0 Å². The first-order valence-corrected chi connectivity index (χ1v) is 7.08. The second-order valence-corrected chi connectivity index (χ2v) is 5.04. The molecule has 0 bridgehead atoms. The summed E-state index contributed by atoms with van der Waals surface area (Å²) in [5.41, 5.74) is 16.8. The Morgan fingerprint density at radius 3 is 1.68 bits per heavy atom. The number of aliphatic imine (C=N–C) groups is 1. The van der Waals surface area contributed by atoms with E-state index in [4.69, 9.17) is 16.5 Å². The standard InChI is InChI=1S/C19H17N3/c20-16-8-6-15(7-9-16)19(14-4-2-1-3-5-14)22-18-12-10-17(21)11-13-18/h1-13H,20-21H2. The first kappa shape index (κ1) is 13.9. The van der Waals surface area contributed by atoms with Crippen LogP contribution in [0.3, 0.4) is 0 Å². The van der Waals surface area contributed by atoms with E-state index in [-0.39, 0.29) is 0 Å². The summed E-state index contributed by atoms with van der Waals surface area (Å²) in [7, 11) is 0. The molecule has 3 aromatic carbocycles. The van der Waals surface area contributed by atoms with Gasteiger partial charge in [0.1, 0.15) is 0 Å². The third-order valence-electron chi connectivity index (χ3n) is 3.37. The second-order valence-electron chi connectivity index (χ2n) is 5.04. The summed E-state index contributed by atoms with van der Waals surface area (Å²) < 4.78 is 0. The Balaban J connectivity index is 2.10. The Kier molecular flexibility index (Phi) is 3.88. The van der Waals surface area contributed by atoms with Crippen LogP contribution in [0.15, 0.2) is 83.9 Å². The normalized spacial score (nSPS) is 11.4. The van der Waals surface area contributed by atoms with Crippen LogP contribution in [0.4, 0.5) is 17.1 Å². The molecule has 0 spiro atoms. The number of benzene rings is 3. The highest BCUT2D eigenvalue weighted by atomic mass is 14.7. The minimum atomic E-state index is 0.729. The number of nitrogens with zero attached hydrogens (tertiary/aromatic N) is 1. The summed E-state index contributed by atoms with van der Waals surface area (Å²) in [6.45, 7) is 0. The van der Waals surface area contributed by atoms with Crippen molar-refractivity contribution in [2.24, 2.45) is 4.99 Å². The summed E-state index contributed by atoms with van der Waals surface area (Å²) in [6, 6.07) is 25.4. The summed E-state index contributed by atoms with van der Waals surface area (Å²) in [4.78, 5) is 4.79. The van der Waals surface area contributed by atoms with Crippen molar-refractivity contribution < 1.29 is 0 Å². The predicted octanol–water partition coefficient (Wildman–Crippen LogP) is 4.02. The molecule has 3 aromatic rings. The Morgan fingerprint density at radius 2 is 1.09 bits per heavy atom. The molecule has 0 aliphatic heterocycles. The van der Waals surface area contributed by atoms with Gasteiger partial charge in [-0.15, -0.1) is 0 Å². The van der Waals surface area contributed by atoms with Crippen LogP contribution >= 0.6 is 0 Å². The maximum Gasteiger partial charge on any atom is 0.0781 e. The summed E-state index contributed by atoms with van der Waals surface area (Å²) >= 11 is 0. The van der Waals surface area contributed by atoms with Crippen molar-refractivity contribution in [1.29, 1.82) is 0 Å². The fraction of sp³-hybridized carbons (Fsp3) is 0. The lowest BCUT2D eigenvalue weighted by atomic mass is 10.0. The molecule has 0 saturated carbocycles. The van der Waals surface area contributed by atoms with E-state index in [1.165, 1.54) is 0 Å². The quantitative estimate of drug-likeness (QED) is 0.564. The highest BCUT2D eigenvalue weighted by molar-refractivity contribution is 6.14. The summed E-state index contributed by atoms with van der Waals surface area (Å²) in [5, 5.41) is 0. The van der Waals surface area contributed by atoms with Crippen molar-refractivity contribution in [3.05, 3.63) is 90.0 Å². The van der Waals surface area contributed by atoms with Crippen LogP contribution in [0, 0.1) is 0 Å². The molecule has 0 atom stereocenters. The van der Waals surface area contributed by atoms with Crippen LogP contribution in [0.1, 0.15) is 11.1 Å². The maximum atomic E-state index is 5.78. The van der Waals surface area contributed by atoms with Gasteiger partial charge in [-0.2, -0.15) is 0 Å². The van der Waals surface area contributed by atoms with Crippen molar-refractivity contribution in [2.45, 2.75) is 0 Å². The van der Waals surface area contributed by atoms with Crippen molar-refractivity contribution in [2.75, 3.05) is 11.5 Å². The van der Waals surface area contributed by atoms with Gasteiger partial charge in [-0.3, -0.25) is 0 Å². The predicted molar refractivity (Wildman–Crippen MR) is 93.4 cm³/mol. The Bertz CT molecular complexity index is 773. The van der Waals surface area contributed by atoms with Crippen LogP contribution in [-0.2, 0) is 0 Å². The first-order valence-electron chi connectivity index (χ1n) is 7.08. The molecule has 3 heteroatoms. The van der Waals surface area contributed by atoms with E-state index < -0.39 is 0 Å². The van der Waals surface area contributed by atoms with E-state index in [0.29, 0.717) is 0 Å². The molecule has 0 unspecified atom stereocenters. The number of nitrogen functional groups attached to an aromatic ring is 2. The molecule has 108 valence electrons. The van der Waals surface area contributed by atoms with Gasteiger partial charge in [0.05, 0.1) is 11.4 Å². The van der Waals surface area contributed by atoms with Gasteiger partial charge < -0.3 is 11.5 Å². The van der Waals surface area contributed by atoms with Crippen LogP contribution in [-0.4, -0.2) is 5.71 Å². The van der Waals surface area contributed by atoms with Crippen LogP contribution in [0.25, 0.3) is 0 Å². The second kappa shape index (κ2) is 6.14. The number of nitrogens with two attached hydrogens (primary N) is 2. The lowest BCUT2D eigenvalue weighted by Crippen LogP contribution is -2.03. The Morgan fingerprint density at radius 1 is 0.591 bits per heavy atom. The zero-order chi connectivity index (χ0) is 15.4. The highest BCUT2D eigenvalue weighted by Gasteiger charge is 2.07. The molecular formula is C19H17N3. The lowest BCUT2D eigenvalue weighted by molar-refractivity contribution is 1.47. The van der Waals surface area contributed by atoms with E-state index in [1.807, 2.05) is 78.9 Å². The fourth-order valence-electron chi connectivity index (χ4n) is 2.21. The number of anilines is 2. The number of hydrogen-bond acceptors (Lipinski definition) is 3. The molecule has 0 amide bonds. The average molecular weight is 287 g/mol. The van der Waals surface area contributed by atoms with E-state index >= 15 is 0 Å². The molecule has 0 saturated heterocycles. The van der Waals surface area contributed by atoms with Gasteiger partial charge in [-0.1, -0.05) is 42.5 Å². The van der Waals surface area contributed by atoms with Crippen molar-refractivity contribution in [1.82, 2.24) is 0 Å². The van der Waals surface area contributed by atoms with Crippen molar-refractivity contribution in [3.63, 3.8) is 0 Å². The van der Waals surface area contributed by atoms with Gasteiger partial charge in [0.2, 0.25) is 0 Å². The van der Waals surface area contributed by atoms with Gasteiger partial charge in [0.15, 0.2) is 0 Å². The zero-order valence-electron chi connectivity index (χ0n) is 12.1. The highest BCUT2D eigenvalue weighted by Crippen LogP contribution is 2.20. The molecule has 0 fully saturated rings. The SMILES string of the molecule is Nc1ccc(N=C(c2ccccc2)c2ccc(N)cc2)cc1. The van der Waals surface area contributed by atoms with Gasteiger partial charge in [-0.05, 0) is 36.4 Å². The van der Waals surface area contributed by atoms with Crippen LogP contribution in [0.5, 0.6) is 0 Å². The van der Waals surface area contributed by atoms with Crippen LogP contribution < -0.4 is 11.5 Å². The van der Waals surface area contributed by atoms with E-state index in [1.54, 1.807) is 0 Å². The van der Waals surface area contributed by atoms with E-state index in [0.717, 1.165) is 33.9 Å². The Hall–Kier alpha value is -3.07. The molecular weight excluding hydrogens is 270 g/mol. The topological polar surface area (TPSA) is 64.4 Å². The van der Waals surface area contributed by atoms with Crippen LogP contribution in [0.2, 0.25) is 0 Å². The van der Waals surface area contributed by atoms with Gasteiger partial charge in [0.25, 0.3) is 0 Å². The summed E-state index contributed by atoms with van der Waals surface area (Å²) in [6.07, 6.45) is 0. The number of hydrogen-bond donors (Lipinski definition) is 2. The molecule has 3 rings (SSSR count). The minimum Gasteiger partial charge on any atom is -0.399 e. The lowest BCUT2D eigenvalue weighted by Gasteiger charge is -2.08. The van der Waals surface area contributed by atoms with Gasteiger partial charge in [0, 0.05) is 22.5 Å². The largest absolute Gasteiger partial charge is 0.399 e. The molecule has 0 aliphatic rings. The average Bonchev–Trinajstić information content (AvgIpc) is 2.56. The fourth-order valence-corrected chi connectivity index (χ4v) is 2.21. The smallest absolute Gasteiger partial charge is 0.0781 e. The molecule has 0 radical (unpaired) electrons. The Labute approximate surface area is 129 Å². The maximum absolute atomic E-state index is 5.78. The van der Waals surface area contributed by atoms with E-state index in [2.05, 4.69) is 0 Å². The molecule has 0 heterocycles. The molecule has 4 N–H and O–H groups in total. The molecule has 0 aliphatic carbocycles. The van der Waals surface area contributed by atoms with Gasteiger partial charge in [-0.25, -0.2) is 4.99 Å². The monoisotopic (exact) mass is 287 g/mol. The van der Waals surface area contributed by atoms with E-state index in [9.17, 15) is 0 Å². The molecule has 3 nitrogen and oxygen atoms in total. The third kappa shape index (κ3) is 3.15. The number of rotatable bonds is 3. The molecule has 22 heavy (non-hydrogen) atoms. The molecule has 0 aromatic heterocycles. The van der Waals surface area contributed by atoms with Crippen molar-refractivity contribution >= 4 is 22.8 Å².